The smallest absolute Gasteiger partial charge is 0.350 e. The fourth-order valence-electron chi connectivity index (χ4n) is 5.35. The number of benzene rings is 1. The Morgan fingerprint density at radius 3 is 2.64 bits per heavy atom. The summed E-state index contributed by atoms with van der Waals surface area (Å²) in [6, 6.07) is 2.59. The van der Waals surface area contributed by atoms with Crippen molar-refractivity contribution in [3.8, 4) is 11.4 Å². The van der Waals surface area contributed by atoms with Crippen LogP contribution in [0.5, 0.6) is 5.75 Å². The number of carbonyl (C=O) groups excluding carboxylic acids is 1. The monoisotopic (exact) mass is 496 g/mol. The van der Waals surface area contributed by atoms with Crippen LogP contribution >= 0.6 is 0 Å². The topological polar surface area (TPSA) is 96.0 Å². The first kappa shape index (κ1) is 24.3. The van der Waals surface area contributed by atoms with Crippen LogP contribution in [0.25, 0.3) is 5.69 Å². The molecule has 36 heavy (non-hydrogen) atoms. The van der Waals surface area contributed by atoms with Crippen LogP contribution < -0.4 is 15.7 Å². The van der Waals surface area contributed by atoms with Crippen LogP contribution in [0.3, 0.4) is 0 Å². The molecule has 0 saturated heterocycles. The lowest BCUT2D eigenvalue weighted by molar-refractivity contribution is 0.0997. The summed E-state index contributed by atoms with van der Waals surface area (Å²) in [6.45, 7) is 4.35. The molecule has 1 aromatic carbocycles. The zero-order valence-corrected chi connectivity index (χ0v) is 21.1. The molecule has 1 N–H and O–H groups in total. The molecule has 1 amide bonds. The van der Waals surface area contributed by atoms with Gasteiger partial charge in [-0.2, -0.15) is 9.78 Å². The highest BCUT2D eigenvalue weighted by molar-refractivity contribution is 6.06. The van der Waals surface area contributed by atoms with E-state index in [4.69, 9.17) is 4.74 Å². The van der Waals surface area contributed by atoms with Gasteiger partial charge in [-0.15, -0.1) is 5.10 Å². The number of hydrogen-bond acceptors (Lipinski definition) is 5. The summed E-state index contributed by atoms with van der Waals surface area (Å²) in [5, 5.41) is 11.5. The molecule has 1 fully saturated rings. The molecule has 3 heterocycles. The number of carbonyl (C=O) groups is 1. The molecule has 192 valence electrons. The Morgan fingerprint density at radius 1 is 1.17 bits per heavy atom. The summed E-state index contributed by atoms with van der Waals surface area (Å²) in [5.74, 6) is 0.0301. The zero-order valence-electron chi connectivity index (χ0n) is 21.1. The SMILES string of the molecule is Cc1nn(C)cc1NC(=O)c1cc(F)c(-n2nc3n(c2=O)CCCC3)cc1OC(C)C1CCCCC1. The minimum atomic E-state index is -0.710. The Hall–Kier alpha value is -3.43. The highest BCUT2D eigenvalue weighted by atomic mass is 19.1. The number of nitrogens with zero attached hydrogens (tertiary/aromatic N) is 5. The lowest BCUT2D eigenvalue weighted by atomic mass is 9.86. The number of ether oxygens (including phenoxy) is 1. The largest absolute Gasteiger partial charge is 0.490 e. The molecule has 1 aliphatic heterocycles. The fourth-order valence-corrected chi connectivity index (χ4v) is 5.35. The van der Waals surface area contributed by atoms with Crippen molar-refractivity contribution in [1.29, 1.82) is 0 Å². The highest BCUT2D eigenvalue weighted by Gasteiger charge is 2.27. The van der Waals surface area contributed by atoms with Gasteiger partial charge in [0.25, 0.3) is 5.91 Å². The number of halogens is 1. The normalized spacial score (nSPS) is 17.0. The van der Waals surface area contributed by atoms with Gasteiger partial charge in [0.2, 0.25) is 0 Å². The average Bonchev–Trinajstić information content (AvgIpc) is 3.37. The third kappa shape index (κ3) is 4.68. The molecule has 9 nitrogen and oxygen atoms in total. The third-order valence-electron chi connectivity index (χ3n) is 7.38. The highest BCUT2D eigenvalue weighted by Crippen LogP contribution is 2.32. The van der Waals surface area contributed by atoms with Gasteiger partial charge in [0.15, 0.2) is 0 Å². The first-order chi connectivity index (χ1) is 17.3. The number of nitrogens with one attached hydrogen (secondary N) is 1. The third-order valence-corrected chi connectivity index (χ3v) is 7.38. The summed E-state index contributed by atoms with van der Waals surface area (Å²) in [4.78, 5) is 26.3. The van der Waals surface area contributed by atoms with E-state index in [2.05, 4.69) is 15.5 Å². The molecular weight excluding hydrogens is 463 g/mol. The van der Waals surface area contributed by atoms with Crippen molar-refractivity contribution >= 4 is 11.6 Å². The second-order valence-electron chi connectivity index (χ2n) is 10.00. The van der Waals surface area contributed by atoms with Crippen molar-refractivity contribution < 1.29 is 13.9 Å². The Labute approximate surface area is 209 Å². The quantitative estimate of drug-likeness (QED) is 0.553. The maximum absolute atomic E-state index is 15.5. The summed E-state index contributed by atoms with van der Waals surface area (Å²) in [7, 11) is 1.76. The van der Waals surface area contributed by atoms with Crippen LogP contribution in [0.2, 0.25) is 0 Å². The minimum Gasteiger partial charge on any atom is -0.490 e. The molecule has 0 spiro atoms. The molecule has 3 aromatic rings. The van der Waals surface area contributed by atoms with Crippen molar-refractivity contribution in [2.24, 2.45) is 13.0 Å². The van der Waals surface area contributed by atoms with E-state index in [9.17, 15) is 9.59 Å². The van der Waals surface area contributed by atoms with E-state index >= 15 is 4.39 Å². The summed E-state index contributed by atoms with van der Waals surface area (Å²) >= 11 is 0. The van der Waals surface area contributed by atoms with Crippen molar-refractivity contribution in [2.75, 3.05) is 5.32 Å². The average molecular weight is 497 g/mol. The summed E-state index contributed by atoms with van der Waals surface area (Å²) in [6.07, 6.45) is 9.66. The van der Waals surface area contributed by atoms with E-state index in [1.54, 1.807) is 29.4 Å². The maximum atomic E-state index is 15.5. The van der Waals surface area contributed by atoms with Crippen LogP contribution in [0.15, 0.2) is 23.1 Å². The van der Waals surface area contributed by atoms with Gasteiger partial charge in [-0.3, -0.25) is 14.0 Å². The molecule has 2 aromatic heterocycles. The van der Waals surface area contributed by atoms with Gasteiger partial charge >= 0.3 is 5.69 Å². The van der Waals surface area contributed by atoms with Crippen LogP contribution in [0, 0.1) is 18.7 Å². The number of aromatic nitrogens is 5. The predicted octanol–water partition coefficient (Wildman–Crippen LogP) is 4.15. The van der Waals surface area contributed by atoms with Gasteiger partial charge < -0.3 is 10.1 Å². The number of fused-ring (bicyclic) bond motifs is 1. The van der Waals surface area contributed by atoms with Gasteiger partial charge in [0, 0.05) is 32.3 Å². The van der Waals surface area contributed by atoms with E-state index < -0.39 is 11.7 Å². The number of aryl methyl sites for hydroxylation is 3. The van der Waals surface area contributed by atoms with E-state index in [0.717, 1.165) is 49.3 Å². The van der Waals surface area contributed by atoms with Crippen LogP contribution in [0.1, 0.15) is 73.7 Å². The second kappa shape index (κ2) is 9.91. The van der Waals surface area contributed by atoms with E-state index in [-0.39, 0.29) is 28.8 Å². The molecule has 1 unspecified atom stereocenters. The molecule has 1 atom stereocenters. The lowest BCUT2D eigenvalue weighted by Crippen LogP contribution is -2.28. The van der Waals surface area contributed by atoms with Crippen LogP contribution in [-0.2, 0) is 20.0 Å². The molecule has 1 saturated carbocycles. The van der Waals surface area contributed by atoms with Gasteiger partial charge in [0.05, 0.1) is 23.0 Å². The Morgan fingerprint density at radius 2 is 1.94 bits per heavy atom. The first-order valence-corrected chi connectivity index (χ1v) is 12.8. The van der Waals surface area contributed by atoms with Crippen LogP contribution in [0.4, 0.5) is 10.1 Å². The van der Waals surface area contributed by atoms with Gasteiger partial charge in [-0.05, 0) is 51.5 Å². The number of anilines is 1. The van der Waals surface area contributed by atoms with Crippen LogP contribution in [-0.4, -0.2) is 36.1 Å². The molecular formula is C26H33FN6O3. The summed E-state index contributed by atoms with van der Waals surface area (Å²) < 4.78 is 26.1. The van der Waals surface area contributed by atoms with Crippen molar-refractivity contribution in [1.82, 2.24) is 24.1 Å². The molecule has 10 heteroatoms. The molecule has 0 radical (unpaired) electrons. The number of hydrogen-bond donors (Lipinski definition) is 1. The van der Waals surface area contributed by atoms with E-state index in [1.165, 1.54) is 12.5 Å². The predicted molar refractivity (Wildman–Crippen MR) is 133 cm³/mol. The number of rotatable bonds is 6. The number of amides is 1. The van der Waals surface area contributed by atoms with E-state index in [1.807, 2.05) is 6.92 Å². The van der Waals surface area contributed by atoms with Crippen molar-refractivity contribution in [3.63, 3.8) is 0 Å². The zero-order chi connectivity index (χ0) is 25.4. The van der Waals surface area contributed by atoms with Gasteiger partial charge in [0.1, 0.15) is 23.1 Å². The van der Waals surface area contributed by atoms with Gasteiger partial charge in [-0.25, -0.2) is 9.18 Å². The molecule has 5 rings (SSSR count). The second-order valence-corrected chi connectivity index (χ2v) is 10.00. The lowest BCUT2D eigenvalue weighted by Gasteiger charge is -2.29. The molecule has 0 bridgehead atoms. The maximum Gasteiger partial charge on any atom is 0.350 e. The first-order valence-electron chi connectivity index (χ1n) is 12.8. The van der Waals surface area contributed by atoms with Crippen molar-refractivity contribution in [2.45, 2.75) is 77.9 Å². The van der Waals surface area contributed by atoms with Gasteiger partial charge in [-0.1, -0.05) is 19.3 Å². The Bertz CT molecular complexity index is 1330. The fraction of sp³-hybridized carbons (Fsp3) is 0.538. The molecule has 1 aliphatic carbocycles. The van der Waals surface area contributed by atoms with E-state index in [0.29, 0.717) is 36.1 Å². The summed E-state index contributed by atoms with van der Waals surface area (Å²) in [5.41, 5.74) is 0.867. The van der Waals surface area contributed by atoms with Crippen molar-refractivity contribution in [3.05, 3.63) is 51.7 Å². The standard InChI is InChI=1S/C26H33FN6O3/c1-16-21(15-31(3)29-16)28-25(34)19-13-20(27)22(33-26(35)32-12-8-7-11-24(32)30-33)14-23(19)36-17(2)18-9-5-4-6-10-18/h13-15,17-18H,4-12H2,1-3H3,(H,28,34). The minimum absolute atomic E-state index is 0.0122. The molecule has 2 aliphatic rings. The Kier molecular flexibility index (Phi) is 6.68. The Balaban J connectivity index is 1.54.